The summed E-state index contributed by atoms with van der Waals surface area (Å²) in [7, 11) is 0. The van der Waals surface area contributed by atoms with Gasteiger partial charge in [0.05, 0.1) is 17.4 Å². The molecule has 1 saturated heterocycles. The third-order valence-corrected chi connectivity index (χ3v) is 4.67. The third-order valence-electron chi connectivity index (χ3n) is 4.67. The first kappa shape index (κ1) is 19.1. The van der Waals surface area contributed by atoms with E-state index in [4.69, 9.17) is 18.9 Å². The van der Waals surface area contributed by atoms with Crippen LogP contribution in [0.15, 0.2) is 42.5 Å². The molecule has 29 heavy (non-hydrogen) atoms. The molecule has 1 atom stereocenters. The van der Waals surface area contributed by atoms with Gasteiger partial charge >= 0.3 is 0 Å². The van der Waals surface area contributed by atoms with Crippen molar-refractivity contribution in [1.82, 2.24) is 5.32 Å². The number of anilines is 1. The summed E-state index contributed by atoms with van der Waals surface area (Å²) in [5.41, 5.74) is 0.818. The Morgan fingerprint density at radius 3 is 2.83 bits per heavy atom. The molecule has 8 heteroatoms. The maximum Gasteiger partial charge on any atom is 0.262 e. The molecule has 0 radical (unpaired) electrons. The summed E-state index contributed by atoms with van der Waals surface area (Å²) in [6, 6.07) is 11.9. The lowest BCUT2D eigenvalue weighted by Gasteiger charge is -2.14. The van der Waals surface area contributed by atoms with E-state index in [1.54, 1.807) is 42.5 Å². The molecule has 0 saturated carbocycles. The van der Waals surface area contributed by atoms with Gasteiger partial charge in [0, 0.05) is 19.2 Å². The molecule has 2 heterocycles. The van der Waals surface area contributed by atoms with Crippen LogP contribution in [0, 0.1) is 0 Å². The molecule has 2 amide bonds. The molecule has 0 aromatic heterocycles. The van der Waals surface area contributed by atoms with E-state index in [9.17, 15) is 9.59 Å². The van der Waals surface area contributed by atoms with Gasteiger partial charge in [-0.25, -0.2) is 0 Å². The molecular formula is C21H22N2O6. The van der Waals surface area contributed by atoms with Crippen LogP contribution >= 0.6 is 0 Å². The van der Waals surface area contributed by atoms with Gasteiger partial charge in [-0.2, -0.15) is 0 Å². The van der Waals surface area contributed by atoms with Gasteiger partial charge in [0.15, 0.2) is 18.1 Å². The van der Waals surface area contributed by atoms with Crippen molar-refractivity contribution in [2.75, 3.05) is 31.9 Å². The van der Waals surface area contributed by atoms with E-state index >= 15 is 0 Å². The number of carbonyl (C=O) groups is 2. The minimum absolute atomic E-state index is 0.0517. The van der Waals surface area contributed by atoms with Crippen LogP contribution in [0.1, 0.15) is 23.2 Å². The summed E-state index contributed by atoms with van der Waals surface area (Å²) >= 11 is 0. The fourth-order valence-corrected chi connectivity index (χ4v) is 3.20. The van der Waals surface area contributed by atoms with E-state index in [2.05, 4.69) is 10.6 Å². The van der Waals surface area contributed by atoms with Crippen LogP contribution in [0.4, 0.5) is 5.69 Å². The largest absolute Gasteiger partial charge is 0.484 e. The van der Waals surface area contributed by atoms with Gasteiger partial charge in [-0.05, 0) is 37.1 Å². The van der Waals surface area contributed by atoms with Gasteiger partial charge in [-0.15, -0.1) is 0 Å². The number of rotatable bonds is 7. The SMILES string of the molecule is O=C(COc1ccc2c(c1)OCO2)Nc1ccccc1C(=O)NCC1CCCO1. The highest BCUT2D eigenvalue weighted by atomic mass is 16.7. The van der Waals surface area contributed by atoms with Crippen LogP contribution in [-0.2, 0) is 9.53 Å². The van der Waals surface area contributed by atoms with Crippen LogP contribution in [0.5, 0.6) is 17.2 Å². The van der Waals surface area contributed by atoms with E-state index in [1.165, 1.54) is 0 Å². The highest BCUT2D eigenvalue weighted by Crippen LogP contribution is 2.35. The minimum atomic E-state index is -0.373. The zero-order chi connectivity index (χ0) is 20.1. The fourth-order valence-electron chi connectivity index (χ4n) is 3.20. The molecule has 2 N–H and O–H groups in total. The Bertz CT molecular complexity index is 894. The zero-order valence-electron chi connectivity index (χ0n) is 15.8. The molecule has 1 fully saturated rings. The highest BCUT2D eigenvalue weighted by molar-refractivity contribution is 6.04. The molecular weight excluding hydrogens is 376 g/mol. The van der Waals surface area contributed by atoms with Crippen molar-refractivity contribution in [1.29, 1.82) is 0 Å². The predicted molar refractivity (Wildman–Crippen MR) is 104 cm³/mol. The molecule has 0 spiro atoms. The molecule has 152 valence electrons. The predicted octanol–water partition coefficient (Wildman–Crippen LogP) is 2.34. The van der Waals surface area contributed by atoms with Crippen molar-refractivity contribution in [3.8, 4) is 17.2 Å². The molecule has 2 aliphatic heterocycles. The summed E-state index contributed by atoms with van der Waals surface area (Å²) in [6.07, 6.45) is 2.00. The summed E-state index contributed by atoms with van der Waals surface area (Å²) in [5, 5.41) is 5.59. The Morgan fingerprint density at radius 1 is 1.10 bits per heavy atom. The Labute approximate surface area is 168 Å². The smallest absolute Gasteiger partial charge is 0.262 e. The highest BCUT2D eigenvalue weighted by Gasteiger charge is 2.19. The lowest BCUT2D eigenvalue weighted by atomic mass is 10.1. The van der Waals surface area contributed by atoms with Gasteiger partial charge in [-0.1, -0.05) is 12.1 Å². The first-order chi connectivity index (χ1) is 14.2. The molecule has 0 aliphatic carbocycles. The lowest BCUT2D eigenvalue weighted by Crippen LogP contribution is -2.32. The normalized spacial score (nSPS) is 17.0. The monoisotopic (exact) mass is 398 g/mol. The number of amides is 2. The molecule has 8 nitrogen and oxygen atoms in total. The second kappa shape index (κ2) is 8.83. The second-order valence-electron chi connectivity index (χ2n) is 6.74. The number of para-hydroxylation sites is 1. The molecule has 1 unspecified atom stereocenters. The van der Waals surface area contributed by atoms with Crippen molar-refractivity contribution in [3.05, 3.63) is 48.0 Å². The van der Waals surface area contributed by atoms with Gasteiger partial charge in [0.25, 0.3) is 11.8 Å². The Kier molecular flexibility index (Phi) is 5.81. The van der Waals surface area contributed by atoms with Crippen LogP contribution in [-0.4, -0.2) is 44.5 Å². The summed E-state index contributed by atoms with van der Waals surface area (Å²) < 4.78 is 21.6. The Morgan fingerprint density at radius 2 is 1.97 bits per heavy atom. The second-order valence-corrected chi connectivity index (χ2v) is 6.74. The van der Waals surface area contributed by atoms with Gasteiger partial charge in [0.1, 0.15) is 5.75 Å². The van der Waals surface area contributed by atoms with Crippen LogP contribution in [0.25, 0.3) is 0 Å². The van der Waals surface area contributed by atoms with E-state index in [1.807, 2.05) is 0 Å². The quantitative estimate of drug-likeness (QED) is 0.743. The number of ether oxygens (including phenoxy) is 4. The average Bonchev–Trinajstić information content (AvgIpc) is 3.42. The number of hydrogen-bond acceptors (Lipinski definition) is 6. The summed E-state index contributed by atoms with van der Waals surface area (Å²) in [4.78, 5) is 24.8. The molecule has 2 aromatic carbocycles. The number of fused-ring (bicyclic) bond motifs is 1. The maximum atomic E-state index is 12.5. The van der Waals surface area contributed by atoms with Gasteiger partial charge < -0.3 is 29.6 Å². The molecule has 0 bridgehead atoms. The van der Waals surface area contributed by atoms with Crippen LogP contribution in [0.2, 0.25) is 0 Å². The number of carbonyl (C=O) groups excluding carboxylic acids is 2. The number of hydrogen-bond donors (Lipinski definition) is 2. The van der Waals surface area contributed by atoms with E-state index in [0.29, 0.717) is 35.0 Å². The first-order valence-corrected chi connectivity index (χ1v) is 9.50. The van der Waals surface area contributed by atoms with E-state index in [-0.39, 0.29) is 31.3 Å². The van der Waals surface area contributed by atoms with E-state index < -0.39 is 0 Å². The van der Waals surface area contributed by atoms with Crippen molar-refractivity contribution < 1.29 is 28.5 Å². The number of benzene rings is 2. The average molecular weight is 398 g/mol. The zero-order valence-corrected chi connectivity index (χ0v) is 15.8. The topological polar surface area (TPSA) is 95.1 Å². The van der Waals surface area contributed by atoms with Crippen LogP contribution < -0.4 is 24.8 Å². The van der Waals surface area contributed by atoms with Crippen LogP contribution in [0.3, 0.4) is 0 Å². The minimum Gasteiger partial charge on any atom is -0.484 e. The van der Waals surface area contributed by atoms with Crippen molar-refractivity contribution in [2.24, 2.45) is 0 Å². The van der Waals surface area contributed by atoms with Gasteiger partial charge in [0.2, 0.25) is 6.79 Å². The number of nitrogens with one attached hydrogen (secondary N) is 2. The summed E-state index contributed by atoms with van der Waals surface area (Å²) in [5.74, 6) is 1.09. The maximum absolute atomic E-state index is 12.5. The third kappa shape index (κ3) is 4.78. The fraction of sp³-hybridized carbons (Fsp3) is 0.333. The first-order valence-electron chi connectivity index (χ1n) is 9.50. The van der Waals surface area contributed by atoms with Gasteiger partial charge in [-0.3, -0.25) is 9.59 Å². The Hall–Kier alpha value is -3.26. The summed E-state index contributed by atoms with van der Waals surface area (Å²) in [6.45, 7) is 1.15. The van der Waals surface area contributed by atoms with Crippen molar-refractivity contribution in [2.45, 2.75) is 18.9 Å². The lowest BCUT2D eigenvalue weighted by molar-refractivity contribution is -0.118. The van der Waals surface area contributed by atoms with Crippen molar-refractivity contribution in [3.63, 3.8) is 0 Å². The molecule has 2 aromatic rings. The molecule has 2 aliphatic rings. The standard InChI is InChI=1S/C21H22N2O6/c24-20(12-27-14-7-8-18-19(10-14)29-13-28-18)23-17-6-2-1-5-16(17)21(25)22-11-15-4-3-9-26-15/h1-2,5-8,10,15H,3-4,9,11-13H2,(H,22,25)(H,23,24). The van der Waals surface area contributed by atoms with Crippen molar-refractivity contribution >= 4 is 17.5 Å². The Balaban J connectivity index is 1.32. The molecule has 4 rings (SSSR count). The van der Waals surface area contributed by atoms with E-state index in [0.717, 1.165) is 19.4 Å².